The van der Waals surface area contributed by atoms with Crippen LogP contribution in [0.4, 0.5) is 0 Å². The molecule has 4 aliphatic carbocycles. The van der Waals surface area contributed by atoms with Gasteiger partial charge >= 0.3 is 0 Å². The molecular weight excluding hydrogens is 276 g/mol. The Morgan fingerprint density at radius 1 is 0.913 bits per heavy atom. The van der Waals surface area contributed by atoms with Gasteiger partial charge in [0.1, 0.15) is 0 Å². The fraction of sp³-hybridized carbons (Fsp3) is 0.130. The molecule has 0 saturated heterocycles. The minimum Gasteiger partial charge on any atom is -0.0767 e. The molecule has 6 rings (SSSR count). The number of benzene rings is 2. The number of rotatable bonds is 0. The fourth-order valence-corrected chi connectivity index (χ4v) is 4.84. The summed E-state index contributed by atoms with van der Waals surface area (Å²) in [6.07, 6.45) is 15.1. The molecule has 0 bridgehead atoms. The maximum Gasteiger partial charge on any atom is 0.0199 e. The van der Waals surface area contributed by atoms with E-state index in [1.165, 1.54) is 39.0 Å². The quantitative estimate of drug-likeness (QED) is 0.530. The van der Waals surface area contributed by atoms with Crippen molar-refractivity contribution < 1.29 is 0 Å². The molecule has 108 valence electrons. The summed E-state index contributed by atoms with van der Waals surface area (Å²) in [5.41, 5.74) is 11.8. The molecule has 4 aliphatic rings. The van der Waals surface area contributed by atoms with Gasteiger partial charge in [-0.1, -0.05) is 66.8 Å². The summed E-state index contributed by atoms with van der Waals surface area (Å²) in [4.78, 5) is 0. The van der Waals surface area contributed by atoms with Gasteiger partial charge in [-0.3, -0.25) is 0 Å². The first kappa shape index (κ1) is 11.9. The lowest BCUT2D eigenvalue weighted by atomic mass is 9.64. The van der Waals surface area contributed by atoms with Gasteiger partial charge in [0.15, 0.2) is 0 Å². The normalized spacial score (nSPS) is 24.5. The molecule has 0 heteroatoms. The number of hydrogen-bond donors (Lipinski definition) is 0. The molecule has 0 heterocycles. The fourth-order valence-electron chi connectivity index (χ4n) is 4.84. The molecule has 2 aromatic rings. The molecule has 2 unspecified atom stereocenters. The standard InChI is InChI=1S/C23H16/c1-2-7-19-16(4-1)12-18-11-10-15-9-8-14-5-3-6-17-13-20(19)22(18)23(15)21(14)17/h1-11,13-14,21H,12H2. The highest BCUT2D eigenvalue weighted by Gasteiger charge is 2.37. The molecule has 0 aliphatic heterocycles. The van der Waals surface area contributed by atoms with Crippen molar-refractivity contribution in [3.05, 3.63) is 106 Å². The van der Waals surface area contributed by atoms with E-state index in [4.69, 9.17) is 0 Å². The zero-order valence-electron chi connectivity index (χ0n) is 12.8. The monoisotopic (exact) mass is 292 g/mol. The molecule has 0 saturated carbocycles. The van der Waals surface area contributed by atoms with E-state index < -0.39 is 0 Å². The summed E-state index contributed by atoms with van der Waals surface area (Å²) in [6, 6.07) is 13.6. The van der Waals surface area contributed by atoms with E-state index in [1.807, 2.05) is 0 Å². The van der Waals surface area contributed by atoms with Crippen molar-refractivity contribution in [2.24, 2.45) is 5.92 Å². The van der Waals surface area contributed by atoms with Crippen molar-refractivity contribution in [1.29, 1.82) is 0 Å². The van der Waals surface area contributed by atoms with Gasteiger partial charge in [0.05, 0.1) is 0 Å². The maximum absolute atomic E-state index is 2.45. The summed E-state index contributed by atoms with van der Waals surface area (Å²) < 4.78 is 0. The molecule has 0 radical (unpaired) electrons. The van der Waals surface area contributed by atoms with E-state index in [0.717, 1.165) is 6.42 Å². The van der Waals surface area contributed by atoms with Gasteiger partial charge < -0.3 is 0 Å². The van der Waals surface area contributed by atoms with E-state index in [0.29, 0.717) is 11.8 Å². The highest BCUT2D eigenvalue weighted by molar-refractivity contribution is 5.93. The topological polar surface area (TPSA) is 0 Å². The molecule has 23 heavy (non-hydrogen) atoms. The van der Waals surface area contributed by atoms with Crippen molar-refractivity contribution in [3.8, 4) is 0 Å². The van der Waals surface area contributed by atoms with Crippen LogP contribution in [0.25, 0.3) is 11.6 Å². The first-order valence-electron chi connectivity index (χ1n) is 8.43. The largest absolute Gasteiger partial charge is 0.0767 e. The Labute approximate surface area is 136 Å². The van der Waals surface area contributed by atoms with Gasteiger partial charge in [0.25, 0.3) is 0 Å². The molecule has 0 amide bonds. The van der Waals surface area contributed by atoms with Gasteiger partial charge in [0.2, 0.25) is 0 Å². The van der Waals surface area contributed by atoms with Gasteiger partial charge in [-0.25, -0.2) is 0 Å². The third-order valence-electron chi connectivity index (χ3n) is 5.81. The van der Waals surface area contributed by atoms with Crippen molar-refractivity contribution in [3.63, 3.8) is 0 Å². The predicted molar refractivity (Wildman–Crippen MR) is 95.3 cm³/mol. The maximum atomic E-state index is 2.45. The van der Waals surface area contributed by atoms with Crippen molar-refractivity contribution in [2.75, 3.05) is 0 Å². The van der Waals surface area contributed by atoms with Gasteiger partial charge in [-0.05, 0) is 57.0 Å². The minimum absolute atomic E-state index is 0.518. The lowest BCUT2D eigenvalue weighted by Gasteiger charge is -2.39. The van der Waals surface area contributed by atoms with Gasteiger partial charge in [0, 0.05) is 11.8 Å². The van der Waals surface area contributed by atoms with E-state index in [9.17, 15) is 0 Å². The Hall–Kier alpha value is -2.60. The molecule has 2 aromatic carbocycles. The zero-order chi connectivity index (χ0) is 15.0. The molecule has 0 nitrogen and oxygen atoms in total. The average molecular weight is 292 g/mol. The number of allylic oxidation sites excluding steroid dienone is 6. The predicted octanol–water partition coefficient (Wildman–Crippen LogP) is 5.26. The van der Waals surface area contributed by atoms with Crippen molar-refractivity contribution in [2.45, 2.75) is 12.3 Å². The third-order valence-corrected chi connectivity index (χ3v) is 5.81. The summed E-state index contributed by atoms with van der Waals surface area (Å²) in [5, 5.41) is 0. The first-order valence-corrected chi connectivity index (χ1v) is 8.43. The highest BCUT2D eigenvalue weighted by Crippen LogP contribution is 2.53. The summed E-state index contributed by atoms with van der Waals surface area (Å²) in [6.45, 7) is 0. The Balaban J connectivity index is 1.76. The Kier molecular flexibility index (Phi) is 2.08. The Morgan fingerprint density at radius 2 is 1.87 bits per heavy atom. The van der Waals surface area contributed by atoms with Crippen LogP contribution in [0.3, 0.4) is 0 Å². The van der Waals surface area contributed by atoms with E-state index in [-0.39, 0.29) is 0 Å². The summed E-state index contributed by atoms with van der Waals surface area (Å²) in [7, 11) is 0. The second-order valence-corrected chi connectivity index (χ2v) is 6.96. The van der Waals surface area contributed by atoms with E-state index >= 15 is 0 Å². The molecular formula is C23H16. The van der Waals surface area contributed by atoms with Crippen molar-refractivity contribution >= 4 is 11.6 Å². The van der Waals surface area contributed by atoms with Crippen LogP contribution in [0.5, 0.6) is 0 Å². The summed E-state index contributed by atoms with van der Waals surface area (Å²) >= 11 is 0. The average Bonchev–Trinajstić information content (AvgIpc) is 2.61. The van der Waals surface area contributed by atoms with Gasteiger partial charge in [-0.15, -0.1) is 0 Å². The lowest BCUT2D eigenvalue weighted by molar-refractivity contribution is 0.661. The smallest absolute Gasteiger partial charge is 0.0199 e. The van der Waals surface area contributed by atoms with Crippen LogP contribution in [0.2, 0.25) is 0 Å². The third kappa shape index (κ3) is 1.42. The van der Waals surface area contributed by atoms with Crippen LogP contribution >= 0.6 is 0 Å². The molecule has 0 fully saturated rings. The second-order valence-electron chi connectivity index (χ2n) is 6.96. The molecule has 0 spiro atoms. The molecule has 0 N–H and O–H groups in total. The van der Waals surface area contributed by atoms with Crippen LogP contribution in [-0.4, -0.2) is 0 Å². The van der Waals surface area contributed by atoms with Gasteiger partial charge in [-0.2, -0.15) is 0 Å². The van der Waals surface area contributed by atoms with E-state index in [1.54, 1.807) is 5.56 Å². The molecule has 2 atom stereocenters. The highest BCUT2D eigenvalue weighted by atomic mass is 14.4. The molecule has 0 aromatic heterocycles. The number of fused-ring (bicyclic) bond motifs is 2. The lowest BCUT2D eigenvalue weighted by Crippen LogP contribution is -2.24. The minimum atomic E-state index is 0.518. The van der Waals surface area contributed by atoms with Crippen LogP contribution in [0.15, 0.2) is 72.4 Å². The van der Waals surface area contributed by atoms with E-state index in [2.05, 4.69) is 72.9 Å². The van der Waals surface area contributed by atoms with Crippen molar-refractivity contribution in [1.82, 2.24) is 0 Å². The van der Waals surface area contributed by atoms with Crippen LogP contribution in [-0.2, 0) is 6.42 Å². The number of hydrogen-bond acceptors (Lipinski definition) is 0. The SMILES string of the molecule is C1=CC2C=Cc3ccc4c5c3C2C(=C1)C=C5c1ccccc1C4. The first-order chi connectivity index (χ1) is 11.4. The van der Waals surface area contributed by atoms with Crippen LogP contribution < -0.4 is 0 Å². The second kappa shape index (κ2) is 4.02. The van der Waals surface area contributed by atoms with Crippen LogP contribution in [0.1, 0.15) is 39.3 Å². The Morgan fingerprint density at radius 3 is 2.87 bits per heavy atom. The zero-order valence-corrected chi connectivity index (χ0v) is 12.8. The summed E-state index contributed by atoms with van der Waals surface area (Å²) in [5.74, 6) is 1.04. The van der Waals surface area contributed by atoms with Crippen LogP contribution in [0, 0.1) is 5.92 Å². The Bertz CT molecular complexity index is 995.